The van der Waals surface area contributed by atoms with E-state index in [0.717, 1.165) is 5.57 Å². The number of hydrogen-bond acceptors (Lipinski definition) is 5. The van der Waals surface area contributed by atoms with Gasteiger partial charge in [-0.05, 0) is 33.3 Å². The molecule has 0 aliphatic carbocycles. The zero-order valence-corrected chi connectivity index (χ0v) is 12.1. The number of hydroxylamine groups is 2. The first-order valence-corrected chi connectivity index (χ1v) is 7.02. The van der Waals surface area contributed by atoms with Crippen LogP contribution in [0.1, 0.15) is 27.7 Å². The minimum atomic E-state index is -0.980. The first-order valence-electron chi connectivity index (χ1n) is 5.86. The van der Waals surface area contributed by atoms with E-state index in [-0.39, 0.29) is 0 Å². The molecule has 0 aromatic rings. The lowest BCUT2D eigenvalue weighted by molar-refractivity contribution is -0.185. The first-order chi connectivity index (χ1) is 8.09. The maximum absolute atomic E-state index is 10.6. The Hall–Kier alpha value is -0.560. The van der Waals surface area contributed by atoms with Crippen molar-refractivity contribution in [2.45, 2.75) is 44.8 Å². The third-order valence-electron chi connectivity index (χ3n) is 3.26. The molecule has 6 heteroatoms. The standard InChI is InChI=1S/C12H22N2O3S/c1-11(2)5-8(12(3,4)14(11)17)6-18-7-9(13)10(15)16/h5,9,17H,6-7,13H2,1-4H3,(H,15,16)/t9-/m1/s1. The van der Waals surface area contributed by atoms with Crippen LogP contribution in [0.4, 0.5) is 0 Å². The lowest BCUT2D eigenvalue weighted by Crippen LogP contribution is -2.48. The molecule has 1 aliphatic heterocycles. The van der Waals surface area contributed by atoms with Crippen LogP contribution in [0.25, 0.3) is 0 Å². The topological polar surface area (TPSA) is 86.8 Å². The van der Waals surface area contributed by atoms with Gasteiger partial charge >= 0.3 is 5.97 Å². The van der Waals surface area contributed by atoms with Crippen molar-refractivity contribution < 1.29 is 15.1 Å². The van der Waals surface area contributed by atoms with Crippen molar-refractivity contribution in [3.63, 3.8) is 0 Å². The van der Waals surface area contributed by atoms with E-state index in [1.165, 1.54) is 16.8 Å². The molecule has 0 fully saturated rings. The molecule has 5 nitrogen and oxygen atoms in total. The molecule has 0 radical (unpaired) electrons. The van der Waals surface area contributed by atoms with Crippen molar-refractivity contribution in [2.75, 3.05) is 11.5 Å². The lowest BCUT2D eigenvalue weighted by atomic mass is 9.98. The van der Waals surface area contributed by atoms with Gasteiger partial charge in [0.25, 0.3) is 0 Å². The zero-order valence-electron chi connectivity index (χ0n) is 11.3. The minimum Gasteiger partial charge on any atom is -0.480 e. The van der Waals surface area contributed by atoms with E-state index in [1.54, 1.807) is 0 Å². The summed E-state index contributed by atoms with van der Waals surface area (Å²) in [5, 5.41) is 20.1. The van der Waals surface area contributed by atoms with Crippen LogP contribution in [-0.4, -0.2) is 50.0 Å². The number of nitrogens with two attached hydrogens (primary N) is 1. The highest BCUT2D eigenvalue weighted by Gasteiger charge is 2.44. The zero-order chi connectivity index (χ0) is 14.1. The molecule has 0 saturated heterocycles. The average molecular weight is 274 g/mol. The van der Waals surface area contributed by atoms with Crippen molar-refractivity contribution in [3.8, 4) is 0 Å². The smallest absolute Gasteiger partial charge is 0.321 e. The van der Waals surface area contributed by atoms with Crippen molar-refractivity contribution in [2.24, 2.45) is 5.73 Å². The number of aliphatic carboxylic acids is 1. The monoisotopic (exact) mass is 274 g/mol. The minimum absolute atomic E-state index is 0.370. The van der Waals surface area contributed by atoms with E-state index in [1.807, 2.05) is 33.8 Å². The second kappa shape index (κ2) is 5.21. The highest BCUT2D eigenvalue weighted by molar-refractivity contribution is 7.99. The molecule has 0 saturated carbocycles. The van der Waals surface area contributed by atoms with Crippen molar-refractivity contribution in [1.29, 1.82) is 0 Å². The number of carbonyl (C=O) groups is 1. The molecule has 4 N–H and O–H groups in total. The molecule has 1 aliphatic rings. The molecule has 0 aromatic carbocycles. The first kappa shape index (κ1) is 15.5. The van der Waals surface area contributed by atoms with E-state index in [9.17, 15) is 10.0 Å². The van der Waals surface area contributed by atoms with Crippen LogP contribution < -0.4 is 5.73 Å². The molecule has 18 heavy (non-hydrogen) atoms. The highest BCUT2D eigenvalue weighted by Crippen LogP contribution is 2.39. The predicted octanol–water partition coefficient (Wildman–Crippen LogP) is 1.32. The summed E-state index contributed by atoms with van der Waals surface area (Å²) in [6, 6.07) is -0.835. The molecule has 0 amide bonds. The van der Waals surface area contributed by atoms with Crippen molar-refractivity contribution in [3.05, 3.63) is 11.6 Å². The van der Waals surface area contributed by atoms with E-state index in [4.69, 9.17) is 10.8 Å². The van der Waals surface area contributed by atoms with Crippen LogP contribution >= 0.6 is 11.8 Å². The largest absolute Gasteiger partial charge is 0.480 e. The van der Waals surface area contributed by atoms with Gasteiger partial charge in [0, 0.05) is 11.5 Å². The SMILES string of the molecule is CC1(C)C=C(CSC[C@@H](N)C(=O)O)C(C)(C)N1O. The summed E-state index contributed by atoms with van der Waals surface area (Å²) in [6.45, 7) is 7.78. The fourth-order valence-corrected chi connectivity index (χ4v) is 3.28. The molecule has 1 atom stereocenters. The van der Waals surface area contributed by atoms with Crippen LogP contribution in [-0.2, 0) is 4.79 Å². The molecule has 0 spiro atoms. The molecule has 1 rings (SSSR count). The normalized spacial score (nSPS) is 23.8. The molecule has 0 aromatic heterocycles. The van der Waals surface area contributed by atoms with Gasteiger partial charge < -0.3 is 16.0 Å². The Morgan fingerprint density at radius 3 is 2.44 bits per heavy atom. The maximum atomic E-state index is 10.6. The summed E-state index contributed by atoms with van der Waals surface area (Å²) in [4.78, 5) is 10.6. The van der Waals surface area contributed by atoms with Gasteiger partial charge in [-0.15, -0.1) is 0 Å². The molecule has 0 unspecified atom stereocenters. The van der Waals surface area contributed by atoms with E-state index in [2.05, 4.69) is 0 Å². The number of carboxylic acid groups (broad SMARTS) is 1. The summed E-state index contributed by atoms with van der Waals surface area (Å²) in [6.07, 6.45) is 2.03. The van der Waals surface area contributed by atoms with Crippen LogP contribution in [0, 0.1) is 0 Å². The Morgan fingerprint density at radius 1 is 1.50 bits per heavy atom. The van der Waals surface area contributed by atoms with Gasteiger partial charge in [-0.3, -0.25) is 4.79 Å². The number of nitrogens with zero attached hydrogens (tertiary/aromatic N) is 1. The van der Waals surface area contributed by atoms with Crippen molar-refractivity contribution in [1.82, 2.24) is 5.06 Å². The Labute approximate surface area is 112 Å². The third kappa shape index (κ3) is 3.06. The van der Waals surface area contributed by atoms with Gasteiger partial charge in [0.15, 0.2) is 0 Å². The highest BCUT2D eigenvalue weighted by atomic mass is 32.2. The Bertz CT molecular complexity index is 366. The van der Waals surface area contributed by atoms with E-state index in [0.29, 0.717) is 11.5 Å². The van der Waals surface area contributed by atoms with E-state index < -0.39 is 23.1 Å². The maximum Gasteiger partial charge on any atom is 0.321 e. The number of thioether (sulfide) groups is 1. The number of hydrogen-bond donors (Lipinski definition) is 3. The molecular weight excluding hydrogens is 252 g/mol. The van der Waals surface area contributed by atoms with Crippen LogP contribution in [0.2, 0.25) is 0 Å². The van der Waals surface area contributed by atoms with Gasteiger partial charge in [0.2, 0.25) is 0 Å². The fourth-order valence-electron chi connectivity index (χ4n) is 2.11. The molecule has 0 bridgehead atoms. The fraction of sp³-hybridized carbons (Fsp3) is 0.750. The second-order valence-corrected chi connectivity index (χ2v) is 6.68. The Balaban J connectivity index is 2.60. The summed E-state index contributed by atoms with van der Waals surface area (Å²) in [5.74, 6) is 0.0644. The van der Waals surface area contributed by atoms with Crippen LogP contribution in [0.15, 0.2) is 11.6 Å². The number of carboxylic acids is 1. The third-order valence-corrected chi connectivity index (χ3v) is 4.37. The summed E-state index contributed by atoms with van der Waals surface area (Å²) < 4.78 is 0. The van der Waals surface area contributed by atoms with Crippen molar-refractivity contribution >= 4 is 17.7 Å². The van der Waals surface area contributed by atoms with Crippen LogP contribution in [0.3, 0.4) is 0 Å². The summed E-state index contributed by atoms with van der Waals surface area (Å²) in [7, 11) is 0. The van der Waals surface area contributed by atoms with Gasteiger partial charge in [0.05, 0.1) is 11.1 Å². The summed E-state index contributed by atoms with van der Waals surface area (Å²) in [5.41, 5.74) is 5.72. The summed E-state index contributed by atoms with van der Waals surface area (Å²) >= 11 is 1.48. The van der Waals surface area contributed by atoms with E-state index >= 15 is 0 Å². The Kier molecular flexibility index (Phi) is 4.48. The molecular formula is C12H22N2O3S. The van der Waals surface area contributed by atoms with Gasteiger partial charge in [0.1, 0.15) is 6.04 Å². The lowest BCUT2D eigenvalue weighted by Gasteiger charge is -2.36. The van der Waals surface area contributed by atoms with Gasteiger partial charge in [-0.25, -0.2) is 0 Å². The van der Waals surface area contributed by atoms with Gasteiger partial charge in [-0.1, -0.05) is 6.08 Å². The average Bonchev–Trinajstić information content (AvgIpc) is 2.39. The van der Waals surface area contributed by atoms with Gasteiger partial charge in [-0.2, -0.15) is 16.8 Å². The predicted molar refractivity (Wildman–Crippen MR) is 72.8 cm³/mol. The van der Waals surface area contributed by atoms with Crippen LogP contribution in [0.5, 0.6) is 0 Å². The quantitative estimate of drug-likeness (QED) is 0.655. The molecule has 1 heterocycles. The second-order valence-electron chi connectivity index (χ2n) is 5.65. The molecule has 104 valence electrons. The Morgan fingerprint density at radius 2 is 2.06 bits per heavy atom. The number of rotatable bonds is 5.